The van der Waals surface area contributed by atoms with Gasteiger partial charge in [0.25, 0.3) is 5.89 Å². The molecule has 0 fully saturated rings. The molecule has 3 aromatic heterocycles. The number of anilines is 1. The molecule has 0 saturated carbocycles. The third-order valence-corrected chi connectivity index (χ3v) is 5.56. The Kier molecular flexibility index (Phi) is 5.43. The van der Waals surface area contributed by atoms with Crippen molar-refractivity contribution in [1.82, 2.24) is 10.1 Å². The van der Waals surface area contributed by atoms with Crippen LogP contribution in [0.1, 0.15) is 41.9 Å². The third kappa shape index (κ3) is 4.61. The molecule has 7 nitrogen and oxygen atoms in total. The molecule has 142 valence electrons. The van der Waals surface area contributed by atoms with E-state index in [2.05, 4.69) is 15.5 Å². The van der Waals surface area contributed by atoms with E-state index in [0.717, 1.165) is 10.4 Å². The molecule has 0 spiro atoms. The van der Waals surface area contributed by atoms with Gasteiger partial charge >= 0.3 is 5.97 Å². The van der Waals surface area contributed by atoms with Gasteiger partial charge in [0.1, 0.15) is 4.88 Å². The molecule has 27 heavy (non-hydrogen) atoms. The molecular formula is C18H19N3O4S2. The average Bonchev–Trinajstić information content (AvgIpc) is 3.32. The van der Waals surface area contributed by atoms with E-state index in [1.807, 2.05) is 38.3 Å². The van der Waals surface area contributed by atoms with Gasteiger partial charge in [-0.1, -0.05) is 32.0 Å². The first-order valence-corrected chi connectivity index (χ1v) is 9.89. The number of carbonyl (C=O) groups excluding carboxylic acids is 2. The second kappa shape index (κ2) is 7.61. The van der Waals surface area contributed by atoms with Gasteiger partial charge < -0.3 is 14.6 Å². The Bertz CT molecular complexity index is 952. The minimum atomic E-state index is -0.517. The largest absolute Gasteiger partial charge is 0.451 e. The molecule has 3 heterocycles. The highest BCUT2D eigenvalue weighted by Gasteiger charge is 2.23. The lowest BCUT2D eigenvalue weighted by molar-refractivity contribution is -0.123. The summed E-state index contributed by atoms with van der Waals surface area (Å²) in [5.41, 5.74) is 0.218. The summed E-state index contributed by atoms with van der Waals surface area (Å²) in [4.78, 5) is 30.0. The van der Waals surface area contributed by atoms with Gasteiger partial charge in [0.2, 0.25) is 11.7 Å². The van der Waals surface area contributed by atoms with Crippen molar-refractivity contribution in [2.45, 2.75) is 34.3 Å². The molecule has 3 rings (SSSR count). The first kappa shape index (κ1) is 19.2. The number of esters is 1. The van der Waals surface area contributed by atoms with Crippen molar-refractivity contribution >= 4 is 39.6 Å². The Morgan fingerprint density at radius 2 is 2.11 bits per heavy atom. The van der Waals surface area contributed by atoms with Crippen LogP contribution in [0.25, 0.3) is 10.7 Å². The van der Waals surface area contributed by atoms with Crippen LogP contribution in [0.4, 0.5) is 5.00 Å². The van der Waals surface area contributed by atoms with Gasteiger partial charge in [0, 0.05) is 5.41 Å². The quantitative estimate of drug-likeness (QED) is 0.628. The summed E-state index contributed by atoms with van der Waals surface area (Å²) in [5.74, 6) is 0.0815. The summed E-state index contributed by atoms with van der Waals surface area (Å²) in [5, 5.41) is 9.22. The van der Waals surface area contributed by atoms with Gasteiger partial charge in [0.05, 0.1) is 9.88 Å². The Labute approximate surface area is 164 Å². The third-order valence-electron chi connectivity index (χ3n) is 3.56. The zero-order chi connectivity index (χ0) is 19.6. The van der Waals surface area contributed by atoms with Crippen molar-refractivity contribution in [3.05, 3.63) is 39.9 Å². The number of thiophene rings is 2. The molecule has 3 aromatic rings. The summed E-state index contributed by atoms with van der Waals surface area (Å²) in [6, 6.07) is 5.53. The number of ether oxygens (including phenoxy) is 1. The van der Waals surface area contributed by atoms with E-state index in [0.29, 0.717) is 15.7 Å². The van der Waals surface area contributed by atoms with Gasteiger partial charge in [-0.2, -0.15) is 4.98 Å². The number of rotatable bonds is 5. The molecule has 0 bridgehead atoms. The van der Waals surface area contributed by atoms with Crippen LogP contribution in [-0.4, -0.2) is 22.0 Å². The highest BCUT2D eigenvalue weighted by Crippen LogP contribution is 2.29. The Morgan fingerprint density at radius 1 is 1.33 bits per heavy atom. The molecule has 1 amide bonds. The summed E-state index contributed by atoms with van der Waals surface area (Å²) >= 11 is 2.68. The first-order valence-electron chi connectivity index (χ1n) is 8.19. The van der Waals surface area contributed by atoms with E-state index < -0.39 is 11.4 Å². The van der Waals surface area contributed by atoms with Gasteiger partial charge in [-0.05, 0) is 30.0 Å². The number of aryl methyl sites for hydroxylation is 1. The molecule has 0 aromatic carbocycles. The van der Waals surface area contributed by atoms with E-state index in [1.165, 1.54) is 22.7 Å². The summed E-state index contributed by atoms with van der Waals surface area (Å²) in [6.45, 7) is 7.16. The van der Waals surface area contributed by atoms with E-state index in [4.69, 9.17) is 9.26 Å². The lowest BCUT2D eigenvalue weighted by atomic mass is 9.96. The van der Waals surface area contributed by atoms with Gasteiger partial charge in [-0.15, -0.1) is 22.7 Å². The van der Waals surface area contributed by atoms with Gasteiger partial charge in [-0.25, -0.2) is 4.79 Å². The van der Waals surface area contributed by atoms with E-state index in [9.17, 15) is 9.59 Å². The molecule has 0 radical (unpaired) electrons. The highest BCUT2D eigenvalue weighted by atomic mass is 32.1. The monoisotopic (exact) mass is 405 g/mol. The second-order valence-corrected chi connectivity index (χ2v) is 8.89. The standard InChI is InChI=1S/C18H19N3O4S2/c1-10-8-13(20-17(23)18(2,3)4)27-14(10)16(22)24-9-12-19-15(21-25-12)11-6-5-7-26-11/h5-8H,9H2,1-4H3,(H,20,23). The van der Waals surface area contributed by atoms with Crippen molar-refractivity contribution in [2.24, 2.45) is 5.41 Å². The fourth-order valence-corrected chi connectivity index (χ4v) is 3.67. The number of hydrogen-bond acceptors (Lipinski definition) is 8. The zero-order valence-corrected chi connectivity index (χ0v) is 17.0. The van der Waals surface area contributed by atoms with Crippen LogP contribution < -0.4 is 5.32 Å². The fourth-order valence-electron chi connectivity index (χ4n) is 2.06. The molecule has 0 aliphatic heterocycles. The number of nitrogens with one attached hydrogen (secondary N) is 1. The Balaban J connectivity index is 1.62. The van der Waals surface area contributed by atoms with E-state index in [-0.39, 0.29) is 18.4 Å². The van der Waals surface area contributed by atoms with Crippen molar-refractivity contribution in [3.8, 4) is 10.7 Å². The minimum absolute atomic E-state index is 0.113. The van der Waals surface area contributed by atoms with E-state index in [1.54, 1.807) is 13.0 Å². The zero-order valence-electron chi connectivity index (χ0n) is 15.4. The highest BCUT2D eigenvalue weighted by molar-refractivity contribution is 7.18. The SMILES string of the molecule is Cc1cc(NC(=O)C(C)(C)C)sc1C(=O)OCc1nc(-c2cccs2)no1. The topological polar surface area (TPSA) is 94.3 Å². The van der Waals surface area contributed by atoms with Crippen LogP contribution >= 0.6 is 22.7 Å². The smallest absolute Gasteiger partial charge is 0.349 e. The molecular weight excluding hydrogens is 386 g/mol. The molecule has 9 heteroatoms. The summed E-state index contributed by atoms with van der Waals surface area (Å²) in [7, 11) is 0. The van der Waals surface area contributed by atoms with Crippen molar-refractivity contribution in [3.63, 3.8) is 0 Å². The lowest BCUT2D eigenvalue weighted by Crippen LogP contribution is -2.27. The van der Waals surface area contributed by atoms with Crippen LogP contribution in [0, 0.1) is 12.3 Å². The molecule has 0 aliphatic carbocycles. The van der Waals surface area contributed by atoms with Gasteiger partial charge in [0.15, 0.2) is 6.61 Å². The van der Waals surface area contributed by atoms with Crippen molar-refractivity contribution in [2.75, 3.05) is 5.32 Å². The van der Waals surface area contributed by atoms with Crippen LogP contribution in [-0.2, 0) is 16.1 Å². The van der Waals surface area contributed by atoms with Crippen LogP contribution in [0.15, 0.2) is 28.1 Å². The lowest BCUT2D eigenvalue weighted by Gasteiger charge is -2.16. The number of hydrogen-bond donors (Lipinski definition) is 1. The minimum Gasteiger partial charge on any atom is -0.451 e. The fraction of sp³-hybridized carbons (Fsp3) is 0.333. The summed E-state index contributed by atoms with van der Waals surface area (Å²) in [6.07, 6.45) is 0. The van der Waals surface area contributed by atoms with Gasteiger partial charge in [-0.3, -0.25) is 4.79 Å². The predicted molar refractivity (Wildman–Crippen MR) is 104 cm³/mol. The maximum Gasteiger partial charge on any atom is 0.349 e. The van der Waals surface area contributed by atoms with Crippen molar-refractivity contribution in [1.29, 1.82) is 0 Å². The molecule has 0 unspecified atom stereocenters. The van der Waals surface area contributed by atoms with Crippen molar-refractivity contribution < 1.29 is 18.8 Å². The molecule has 0 aliphatic rings. The Morgan fingerprint density at radius 3 is 2.78 bits per heavy atom. The van der Waals surface area contributed by atoms with Crippen LogP contribution in [0.3, 0.4) is 0 Å². The Hall–Kier alpha value is -2.52. The molecule has 0 saturated heterocycles. The molecule has 1 N–H and O–H groups in total. The van der Waals surface area contributed by atoms with Crippen LogP contribution in [0.2, 0.25) is 0 Å². The summed E-state index contributed by atoms with van der Waals surface area (Å²) < 4.78 is 10.4. The average molecular weight is 406 g/mol. The number of nitrogens with zero attached hydrogens (tertiary/aromatic N) is 2. The normalized spacial score (nSPS) is 11.4. The predicted octanol–water partition coefficient (Wildman–Crippen LogP) is 4.51. The maximum atomic E-state index is 12.4. The first-order chi connectivity index (χ1) is 12.7. The number of carbonyl (C=O) groups is 2. The van der Waals surface area contributed by atoms with Crippen LogP contribution in [0.5, 0.6) is 0 Å². The number of aromatic nitrogens is 2. The second-order valence-electron chi connectivity index (χ2n) is 6.89. The van der Waals surface area contributed by atoms with E-state index >= 15 is 0 Å². The maximum absolute atomic E-state index is 12.4. The molecule has 0 atom stereocenters. The number of amides is 1.